The summed E-state index contributed by atoms with van der Waals surface area (Å²) in [7, 11) is 3.26. The molecule has 0 aromatic heterocycles. The minimum atomic E-state index is -0.125. The van der Waals surface area contributed by atoms with Gasteiger partial charge in [-0.05, 0) is 30.2 Å². The van der Waals surface area contributed by atoms with E-state index in [0.717, 1.165) is 30.0 Å². The Morgan fingerprint density at radius 1 is 1.32 bits per heavy atom. The summed E-state index contributed by atoms with van der Waals surface area (Å²) in [4.78, 5) is 0. The van der Waals surface area contributed by atoms with Crippen LogP contribution in [0.25, 0.3) is 0 Å². The summed E-state index contributed by atoms with van der Waals surface area (Å²) in [6.07, 6.45) is 0. The second kappa shape index (κ2) is 6.23. The number of benzene rings is 1. The minimum Gasteiger partial charge on any atom is -0.493 e. The van der Waals surface area contributed by atoms with Crippen molar-refractivity contribution in [1.29, 1.82) is 0 Å². The SMILES string of the molecule is COc1cc(C)c(C(N)C2COCCN2)cc1OC. The summed E-state index contributed by atoms with van der Waals surface area (Å²) in [6, 6.07) is 3.91. The van der Waals surface area contributed by atoms with E-state index in [0.29, 0.717) is 12.4 Å². The van der Waals surface area contributed by atoms with Crippen molar-refractivity contribution in [2.24, 2.45) is 5.73 Å². The molecule has 19 heavy (non-hydrogen) atoms. The highest BCUT2D eigenvalue weighted by Gasteiger charge is 2.24. The van der Waals surface area contributed by atoms with Crippen molar-refractivity contribution in [2.45, 2.75) is 19.0 Å². The Balaban J connectivity index is 2.27. The molecule has 1 aromatic carbocycles. The second-order valence-electron chi connectivity index (χ2n) is 4.73. The van der Waals surface area contributed by atoms with Gasteiger partial charge in [-0.3, -0.25) is 0 Å². The lowest BCUT2D eigenvalue weighted by molar-refractivity contribution is 0.0684. The first kappa shape index (κ1) is 14.1. The van der Waals surface area contributed by atoms with Crippen LogP contribution in [0.1, 0.15) is 17.2 Å². The Morgan fingerprint density at radius 2 is 2.00 bits per heavy atom. The fourth-order valence-corrected chi connectivity index (χ4v) is 2.39. The molecule has 0 aliphatic carbocycles. The van der Waals surface area contributed by atoms with E-state index >= 15 is 0 Å². The number of morpholine rings is 1. The third-order valence-electron chi connectivity index (χ3n) is 3.52. The molecular formula is C14H22N2O3. The lowest BCUT2D eigenvalue weighted by Gasteiger charge is -2.30. The molecule has 5 nitrogen and oxygen atoms in total. The van der Waals surface area contributed by atoms with Crippen molar-refractivity contribution in [3.63, 3.8) is 0 Å². The largest absolute Gasteiger partial charge is 0.493 e. The summed E-state index contributed by atoms with van der Waals surface area (Å²) in [6.45, 7) is 4.24. The van der Waals surface area contributed by atoms with Crippen molar-refractivity contribution in [3.05, 3.63) is 23.3 Å². The van der Waals surface area contributed by atoms with Gasteiger partial charge in [-0.2, -0.15) is 0 Å². The minimum absolute atomic E-state index is 0.125. The molecule has 2 atom stereocenters. The van der Waals surface area contributed by atoms with Crippen LogP contribution in [0.2, 0.25) is 0 Å². The molecule has 1 fully saturated rings. The van der Waals surface area contributed by atoms with Crippen LogP contribution in [0.3, 0.4) is 0 Å². The summed E-state index contributed by atoms with van der Waals surface area (Å²) >= 11 is 0. The van der Waals surface area contributed by atoms with E-state index in [1.807, 2.05) is 19.1 Å². The number of hydrogen-bond donors (Lipinski definition) is 2. The van der Waals surface area contributed by atoms with Gasteiger partial charge in [0.25, 0.3) is 0 Å². The van der Waals surface area contributed by atoms with Gasteiger partial charge in [0.1, 0.15) is 0 Å². The van der Waals surface area contributed by atoms with E-state index in [1.54, 1.807) is 14.2 Å². The number of methoxy groups -OCH3 is 2. The molecule has 3 N–H and O–H groups in total. The zero-order valence-electron chi connectivity index (χ0n) is 11.7. The maximum absolute atomic E-state index is 6.35. The van der Waals surface area contributed by atoms with Gasteiger partial charge >= 0.3 is 0 Å². The van der Waals surface area contributed by atoms with Crippen LogP contribution < -0.4 is 20.5 Å². The van der Waals surface area contributed by atoms with E-state index in [4.69, 9.17) is 19.9 Å². The van der Waals surface area contributed by atoms with Crippen LogP contribution in [0.15, 0.2) is 12.1 Å². The Bertz CT molecular complexity index is 431. The Labute approximate surface area is 114 Å². The lowest BCUT2D eigenvalue weighted by Crippen LogP contribution is -2.47. The van der Waals surface area contributed by atoms with E-state index in [-0.39, 0.29) is 12.1 Å². The number of rotatable bonds is 4. The third-order valence-corrected chi connectivity index (χ3v) is 3.52. The number of ether oxygens (including phenoxy) is 3. The van der Waals surface area contributed by atoms with Crippen LogP contribution in [0, 0.1) is 6.92 Å². The lowest BCUT2D eigenvalue weighted by atomic mass is 9.95. The van der Waals surface area contributed by atoms with E-state index in [9.17, 15) is 0 Å². The highest BCUT2D eigenvalue weighted by molar-refractivity contribution is 5.48. The number of aryl methyl sites for hydroxylation is 1. The van der Waals surface area contributed by atoms with Gasteiger partial charge in [-0.15, -0.1) is 0 Å². The van der Waals surface area contributed by atoms with Crippen molar-refractivity contribution in [3.8, 4) is 11.5 Å². The van der Waals surface area contributed by atoms with Gasteiger partial charge in [0.15, 0.2) is 11.5 Å². The summed E-state index contributed by atoms with van der Waals surface area (Å²) in [5, 5.41) is 3.39. The van der Waals surface area contributed by atoms with Crippen LogP contribution >= 0.6 is 0 Å². The fourth-order valence-electron chi connectivity index (χ4n) is 2.39. The molecule has 2 rings (SSSR count). The quantitative estimate of drug-likeness (QED) is 0.851. The average molecular weight is 266 g/mol. The standard InChI is InChI=1S/C14H22N2O3/c1-9-6-12(17-2)13(18-3)7-10(9)14(15)11-8-19-5-4-16-11/h6-7,11,14,16H,4-5,8,15H2,1-3H3. The topological polar surface area (TPSA) is 65.7 Å². The molecule has 0 radical (unpaired) electrons. The highest BCUT2D eigenvalue weighted by Crippen LogP contribution is 2.33. The summed E-state index contributed by atoms with van der Waals surface area (Å²) < 4.78 is 16.1. The van der Waals surface area contributed by atoms with Gasteiger partial charge in [0.2, 0.25) is 0 Å². The highest BCUT2D eigenvalue weighted by atomic mass is 16.5. The Hall–Kier alpha value is -1.30. The molecule has 0 amide bonds. The van der Waals surface area contributed by atoms with Gasteiger partial charge in [0.05, 0.1) is 27.4 Å². The molecule has 1 aliphatic rings. The molecule has 106 valence electrons. The van der Waals surface area contributed by atoms with Crippen LogP contribution in [-0.2, 0) is 4.74 Å². The first-order chi connectivity index (χ1) is 9.17. The van der Waals surface area contributed by atoms with Crippen molar-refractivity contribution in [1.82, 2.24) is 5.32 Å². The zero-order chi connectivity index (χ0) is 13.8. The molecule has 1 aliphatic heterocycles. The van der Waals surface area contributed by atoms with Crippen LogP contribution in [-0.4, -0.2) is 40.0 Å². The van der Waals surface area contributed by atoms with E-state index in [1.165, 1.54) is 0 Å². The maximum atomic E-state index is 6.35. The zero-order valence-corrected chi connectivity index (χ0v) is 11.7. The molecule has 1 saturated heterocycles. The van der Waals surface area contributed by atoms with Crippen molar-refractivity contribution >= 4 is 0 Å². The average Bonchev–Trinajstić information content (AvgIpc) is 2.47. The third kappa shape index (κ3) is 3.00. The van der Waals surface area contributed by atoms with Crippen LogP contribution in [0.5, 0.6) is 11.5 Å². The van der Waals surface area contributed by atoms with Crippen molar-refractivity contribution in [2.75, 3.05) is 34.0 Å². The number of nitrogens with one attached hydrogen (secondary N) is 1. The molecule has 0 spiro atoms. The van der Waals surface area contributed by atoms with Crippen LogP contribution in [0.4, 0.5) is 0 Å². The predicted octanol–water partition coefficient (Wildman–Crippen LogP) is 1.00. The van der Waals surface area contributed by atoms with E-state index in [2.05, 4.69) is 5.32 Å². The summed E-state index contributed by atoms with van der Waals surface area (Å²) in [5.41, 5.74) is 8.50. The fraction of sp³-hybridized carbons (Fsp3) is 0.571. The molecular weight excluding hydrogens is 244 g/mol. The molecule has 2 unspecified atom stereocenters. The van der Waals surface area contributed by atoms with Gasteiger partial charge in [-0.1, -0.05) is 0 Å². The number of hydrogen-bond acceptors (Lipinski definition) is 5. The first-order valence-corrected chi connectivity index (χ1v) is 6.46. The van der Waals surface area contributed by atoms with Gasteiger partial charge in [-0.25, -0.2) is 0 Å². The van der Waals surface area contributed by atoms with Crippen molar-refractivity contribution < 1.29 is 14.2 Å². The molecule has 1 heterocycles. The monoisotopic (exact) mass is 266 g/mol. The Morgan fingerprint density at radius 3 is 2.58 bits per heavy atom. The molecule has 0 saturated carbocycles. The van der Waals surface area contributed by atoms with Gasteiger partial charge in [0, 0.05) is 18.6 Å². The molecule has 5 heteroatoms. The predicted molar refractivity (Wildman–Crippen MR) is 73.8 cm³/mol. The molecule has 1 aromatic rings. The Kier molecular flexibility index (Phi) is 4.63. The second-order valence-corrected chi connectivity index (χ2v) is 4.73. The summed E-state index contributed by atoms with van der Waals surface area (Å²) in [5.74, 6) is 1.43. The first-order valence-electron chi connectivity index (χ1n) is 6.46. The smallest absolute Gasteiger partial charge is 0.161 e. The van der Waals surface area contributed by atoms with Gasteiger partial charge < -0.3 is 25.3 Å². The number of nitrogens with two attached hydrogens (primary N) is 1. The maximum Gasteiger partial charge on any atom is 0.161 e. The van der Waals surface area contributed by atoms with E-state index < -0.39 is 0 Å². The molecule has 0 bridgehead atoms. The normalized spacial score (nSPS) is 20.9.